The number of aryl methyl sites for hydroxylation is 1. The first kappa shape index (κ1) is 96.9. The van der Waals surface area contributed by atoms with Crippen molar-refractivity contribution >= 4 is 82.4 Å². The molecule has 7 aromatic carbocycles. The monoisotopic (exact) mass is 1660 g/mol. The first-order valence-corrected chi connectivity index (χ1v) is 45.5. The van der Waals surface area contributed by atoms with Crippen molar-refractivity contribution in [1.29, 1.82) is 5.26 Å². The third kappa shape index (κ3) is 26.1. The second-order valence-corrected chi connectivity index (χ2v) is 43.7. The highest BCUT2D eigenvalue weighted by Crippen LogP contribution is 2.41. The normalized spacial score (nSPS) is 13.2. The van der Waals surface area contributed by atoms with Gasteiger partial charge >= 0.3 is 6.09 Å². The number of hydrogen-bond acceptors (Lipinski definition) is 4. The zero-order chi connectivity index (χ0) is 90.8. The summed E-state index contributed by atoms with van der Waals surface area (Å²) < 4.78 is 10.7. The van der Waals surface area contributed by atoms with Gasteiger partial charge in [-0.1, -0.05) is 285 Å². The molecule has 15 rings (SSSR count). The Morgan fingerprint density at radius 1 is 0.390 bits per heavy atom. The van der Waals surface area contributed by atoms with Crippen molar-refractivity contribution in [1.82, 2.24) is 40.2 Å². The van der Waals surface area contributed by atoms with Gasteiger partial charge in [0.2, 0.25) is 0 Å². The largest absolute Gasteiger partial charge is 0.444 e. The Bertz CT molecular complexity index is 5830. The van der Waals surface area contributed by atoms with E-state index in [1.165, 1.54) is 152 Å². The fourth-order valence-corrected chi connectivity index (χ4v) is 16.0. The van der Waals surface area contributed by atoms with E-state index >= 15 is 0 Å². The number of nitrogens with zero attached hydrogens (tertiary/aromatic N) is 1. The molecule has 0 aliphatic heterocycles. The number of hydrogen-bond donors (Lipinski definition) is 8. The molecule has 0 spiro atoms. The van der Waals surface area contributed by atoms with Crippen molar-refractivity contribution in [3.05, 3.63) is 249 Å². The molecule has 1 saturated carbocycles. The number of carbonyl (C=O) groups excluding carboxylic acids is 1. The van der Waals surface area contributed by atoms with Crippen LogP contribution in [0.5, 0.6) is 0 Å². The molecule has 1 aliphatic rings. The Morgan fingerprint density at radius 3 is 1.08 bits per heavy atom. The summed E-state index contributed by atoms with van der Waals surface area (Å²) in [7, 11) is 0. The highest BCUT2D eigenvalue weighted by molar-refractivity contribution is 5.89. The molecule has 0 unspecified atom stereocenters. The minimum absolute atomic E-state index is 0.137. The van der Waals surface area contributed by atoms with Gasteiger partial charge in [0.05, 0.1) is 19.1 Å². The van der Waals surface area contributed by atoms with Gasteiger partial charge in [-0.3, -0.25) is 0 Å². The first-order chi connectivity index (χ1) is 57.3. The fraction of sp³-hybridized carbons (Fsp3) is 0.477. The van der Waals surface area contributed by atoms with Crippen molar-refractivity contribution in [3.8, 4) is 6.07 Å². The molecule has 0 saturated heterocycles. The average Bonchev–Trinajstić information content (AvgIpc) is 1.64. The van der Waals surface area contributed by atoms with Crippen LogP contribution in [0.25, 0.3) is 76.3 Å². The van der Waals surface area contributed by atoms with Crippen LogP contribution in [0.15, 0.2) is 171 Å². The topological polar surface area (TPSA) is 182 Å². The Hall–Kier alpha value is -9.96. The predicted molar refractivity (Wildman–Crippen MR) is 530 cm³/mol. The van der Waals surface area contributed by atoms with Crippen LogP contribution in [-0.4, -0.2) is 66.3 Å². The van der Waals surface area contributed by atoms with Crippen LogP contribution in [0.2, 0.25) is 0 Å². The van der Waals surface area contributed by atoms with Crippen LogP contribution >= 0.6 is 0 Å². The Kier molecular flexibility index (Phi) is 31.1. The molecule has 1 aliphatic carbocycles. The minimum atomic E-state index is -0.464. The smallest absolute Gasteiger partial charge is 0.407 e. The van der Waals surface area contributed by atoms with E-state index in [-0.39, 0.29) is 49.4 Å². The van der Waals surface area contributed by atoms with E-state index in [0.717, 1.165) is 60.4 Å². The maximum Gasteiger partial charge on any atom is 0.407 e. The number of carbonyl (C=O) groups is 1. The summed E-state index contributed by atoms with van der Waals surface area (Å²) in [5, 5.41) is 20.7. The summed E-state index contributed by atoms with van der Waals surface area (Å²) in [6.07, 6.45) is 23.2. The van der Waals surface area contributed by atoms with Crippen LogP contribution in [0.3, 0.4) is 0 Å². The van der Waals surface area contributed by atoms with Gasteiger partial charge in [0.1, 0.15) is 5.60 Å². The second kappa shape index (κ2) is 39.5. The standard InChI is InChI=1S/C19H28N2O2.C17H23N.C16H23NO.C16H23N.C15H21N.C14H16N2.C14H19N/c1-18(2,3)14-7-8-15-13(12-21-16(15)11-14)9-10-20-17(22)23-19(4,5)6;1-17(2,3)13-8-9-14-15(11-18-16(14)10-13)12-6-4-5-7-12;1-5-18-9-8-12-11-17-15-10-13(16(2,3)4)6-7-14(12)15;1-15(2,3)11-7-8-12-13(16(4,5)6)10-17-14(12)9-11;1-10(2)13-9-16-14-8-11(15(3,4)5)6-7-12(13)14;1-14(2,3)11-4-5-12-10(6-7-15)9-16-13(12)8-11;1-5-10-9-15-13-8-11(14(2,3)4)6-7-12(10)13/h7-8,11-12,21H,9-10H2,1-6H3,(H,20,22);8-12,18H,4-7H2,1-3H3;6-7,10-11,17H,5,8-9H2,1-4H3;7-10,17H,1-6H3;6-10,16H,1-5H3;4-5,8-9,16H,6H2,1-3H3;6-9,15H,5H2,1-4H3. The van der Waals surface area contributed by atoms with Crippen molar-refractivity contribution in [2.75, 3.05) is 19.8 Å². The Labute approximate surface area is 738 Å². The molecule has 7 aromatic heterocycles. The molecular weight excluding hydrogens is 1510 g/mol. The Morgan fingerprint density at radius 2 is 0.707 bits per heavy atom. The van der Waals surface area contributed by atoms with Crippen molar-refractivity contribution < 1.29 is 14.3 Å². The van der Waals surface area contributed by atoms with Gasteiger partial charge in [-0.2, -0.15) is 5.26 Å². The minimum Gasteiger partial charge on any atom is -0.444 e. The van der Waals surface area contributed by atoms with Crippen LogP contribution in [0, 0.1) is 11.3 Å². The third-order valence-electron chi connectivity index (χ3n) is 23.9. The lowest BCUT2D eigenvalue weighted by atomic mass is 9.84. The maximum absolute atomic E-state index is 11.7. The van der Waals surface area contributed by atoms with Gasteiger partial charge in [-0.25, -0.2) is 4.79 Å². The number of alkyl carbamates (subject to hydrolysis) is 1. The molecule has 8 N–H and O–H groups in total. The highest BCUT2D eigenvalue weighted by Gasteiger charge is 2.26. The van der Waals surface area contributed by atoms with Crippen LogP contribution in [0.1, 0.15) is 330 Å². The SMILES string of the molecule is CC(C)(C)OC(=O)NCCc1c[nH]c2cc(C(C)(C)C)ccc12.CC(C)(C)c1ccc2c(C(C)(C)C)c[nH]c2c1.CC(C)(C)c1ccc2c(C3CCCC3)c[nH]c2c1.CC(C)(C)c1ccc2c(CC#N)c[nH]c2c1.CC(C)c1c[nH]c2cc(C(C)(C)C)ccc12.CCOCCc1c[nH]c2cc(C(C)(C)C)ccc12.CCc1c[nH]c2cc(C(C)(C)C)ccc12. The number of ether oxygens (including phenoxy) is 2. The molecule has 7 heterocycles. The Balaban J connectivity index is 0.000000163. The number of rotatable bonds is 11. The molecule has 12 nitrogen and oxygen atoms in total. The second-order valence-electron chi connectivity index (χ2n) is 43.7. The van der Waals surface area contributed by atoms with Crippen LogP contribution in [-0.2, 0) is 78.5 Å². The number of nitriles is 1. The molecule has 0 radical (unpaired) electrons. The van der Waals surface area contributed by atoms with E-state index < -0.39 is 5.60 Å². The van der Waals surface area contributed by atoms with E-state index in [9.17, 15) is 4.79 Å². The van der Waals surface area contributed by atoms with Crippen molar-refractivity contribution in [2.24, 2.45) is 0 Å². The summed E-state index contributed by atoms with van der Waals surface area (Å²) in [6.45, 7) is 70.2. The van der Waals surface area contributed by atoms with E-state index in [1.807, 2.05) is 40.1 Å². The molecule has 660 valence electrons. The molecule has 1 amide bonds. The van der Waals surface area contributed by atoms with Crippen LogP contribution < -0.4 is 5.32 Å². The lowest BCUT2D eigenvalue weighted by Gasteiger charge is -2.20. The number of fused-ring (bicyclic) bond motifs is 7. The lowest BCUT2D eigenvalue weighted by molar-refractivity contribution is 0.0528. The van der Waals surface area contributed by atoms with Gasteiger partial charge < -0.3 is 49.7 Å². The van der Waals surface area contributed by atoms with Crippen molar-refractivity contribution in [3.63, 3.8) is 0 Å². The summed E-state index contributed by atoms with van der Waals surface area (Å²) in [6, 6.07) is 49.2. The molecular formula is C111H153N9O3. The number of aromatic amines is 7. The maximum atomic E-state index is 11.7. The molecule has 123 heavy (non-hydrogen) atoms. The van der Waals surface area contributed by atoms with E-state index in [0.29, 0.717) is 18.9 Å². The molecule has 0 atom stereocenters. The van der Waals surface area contributed by atoms with E-state index in [2.05, 4.69) is 392 Å². The fourth-order valence-electron chi connectivity index (χ4n) is 16.0. The zero-order valence-electron chi connectivity index (χ0n) is 81.3. The molecule has 0 bridgehead atoms. The quantitative estimate of drug-likeness (QED) is 0.0601. The van der Waals surface area contributed by atoms with E-state index in [4.69, 9.17) is 14.7 Å². The first-order valence-electron chi connectivity index (χ1n) is 45.5. The van der Waals surface area contributed by atoms with Gasteiger partial charge in [0.25, 0.3) is 0 Å². The predicted octanol–water partition coefficient (Wildman–Crippen LogP) is 30.6. The molecule has 12 heteroatoms. The summed E-state index contributed by atoms with van der Waals surface area (Å²) in [5.74, 6) is 1.37. The lowest BCUT2D eigenvalue weighted by Crippen LogP contribution is -2.33. The summed E-state index contributed by atoms with van der Waals surface area (Å²) in [4.78, 5) is 35.2. The zero-order valence-corrected chi connectivity index (χ0v) is 81.3. The number of nitrogens with one attached hydrogen (secondary N) is 8. The number of H-pyrrole nitrogens is 7. The van der Waals surface area contributed by atoms with Gasteiger partial charge in [-0.15, -0.1) is 0 Å². The average molecular weight is 1660 g/mol. The highest BCUT2D eigenvalue weighted by atomic mass is 16.6. The van der Waals surface area contributed by atoms with Gasteiger partial charge in [0.15, 0.2) is 0 Å². The molecule has 14 aromatic rings. The number of amides is 1. The number of aromatic nitrogens is 7. The van der Waals surface area contributed by atoms with Gasteiger partial charge in [-0.05, 0) is 235 Å². The van der Waals surface area contributed by atoms with Crippen LogP contribution in [0.4, 0.5) is 4.79 Å². The number of benzene rings is 7. The summed E-state index contributed by atoms with van der Waals surface area (Å²) >= 11 is 0. The summed E-state index contributed by atoms with van der Waals surface area (Å²) in [5.41, 5.74) is 28.6. The van der Waals surface area contributed by atoms with E-state index in [1.54, 1.807) is 5.56 Å². The third-order valence-corrected chi connectivity index (χ3v) is 23.9. The molecule has 1 fully saturated rings. The van der Waals surface area contributed by atoms with Crippen molar-refractivity contribution in [2.45, 2.75) is 327 Å². The van der Waals surface area contributed by atoms with Gasteiger partial charge in [0, 0.05) is 133 Å².